The lowest BCUT2D eigenvalue weighted by atomic mass is 10.2. The fraction of sp³-hybridized carbons (Fsp3) is 0.188. The number of thioether (sulfide) groups is 1. The Labute approximate surface area is 142 Å². The highest BCUT2D eigenvalue weighted by Gasteiger charge is 2.08. The maximum absolute atomic E-state index is 11.9. The normalized spacial score (nSPS) is 10.3. The van der Waals surface area contributed by atoms with Crippen molar-refractivity contribution in [2.45, 2.75) is 11.5 Å². The molecular weight excluding hydrogens is 366 g/mol. The molecule has 2 aromatic carbocycles. The van der Waals surface area contributed by atoms with Crippen LogP contribution in [0.2, 0.25) is 0 Å². The number of anilines is 1. The van der Waals surface area contributed by atoms with Crippen LogP contribution in [0.5, 0.6) is 5.75 Å². The van der Waals surface area contributed by atoms with E-state index in [-0.39, 0.29) is 19.1 Å². The Bertz CT molecular complexity index is 664. The molecule has 0 atom stereocenters. The van der Waals surface area contributed by atoms with E-state index in [0.717, 1.165) is 15.1 Å². The summed E-state index contributed by atoms with van der Waals surface area (Å²) in [7, 11) is 0. The third-order valence-corrected chi connectivity index (χ3v) is 4.12. The van der Waals surface area contributed by atoms with Crippen molar-refractivity contribution in [1.82, 2.24) is 0 Å². The Morgan fingerprint density at radius 1 is 1.32 bits per heavy atom. The van der Waals surface area contributed by atoms with Crippen molar-refractivity contribution in [3.05, 3.63) is 52.5 Å². The molecule has 0 aliphatic heterocycles. The number of rotatable bonds is 6. The first kappa shape index (κ1) is 16.9. The molecule has 6 heteroatoms. The zero-order valence-corrected chi connectivity index (χ0v) is 14.4. The van der Waals surface area contributed by atoms with Gasteiger partial charge in [-0.25, -0.2) is 0 Å². The first-order valence-electron chi connectivity index (χ1n) is 6.58. The molecule has 2 aromatic rings. The quantitative estimate of drug-likeness (QED) is 0.749. The molecular formula is C16H16BrNO3S. The van der Waals surface area contributed by atoms with Gasteiger partial charge >= 0.3 is 0 Å². The lowest BCUT2D eigenvalue weighted by Crippen LogP contribution is -2.20. The van der Waals surface area contributed by atoms with Gasteiger partial charge in [0.2, 0.25) is 0 Å². The van der Waals surface area contributed by atoms with E-state index < -0.39 is 0 Å². The van der Waals surface area contributed by atoms with Gasteiger partial charge in [-0.05, 0) is 42.7 Å². The predicted molar refractivity (Wildman–Crippen MR) is 92.4 cm³/mol. The number of amides is 1. The number of hydrogen-bond acceptors (Lipinski definition) is 4. The second-order valence-corrected chi connectivity index (χ2v) is 6.27. The van der Waals surface area contributed by atoms with Crippen LogP contribution in [0.3, 0.4) is 0 Å². The van der Waals surface area contributed by atoms with Crippen LogP contribution in [0.25, 0.3) is 0 Å². The Morgan fingerprint density at radius 3 is 2.86 bits per heavy atom. The predicted octanol–water partition coefficient (Wildman–Crippen LogP) is 3.68. The largest absolute Gasteiger partial charge is 0.483 e. The molecule has 2 N–H and O–H groups in total. The van der Waals surface area contributed by atoms with Gasteiger partial charge in [0.25, 0.3) is 5.91 Å². The summed E-state index contributed by atoms with van der Waals surface area (Å²) in [6.45, 7) is -0.260. The number of carbonyl (C=O) groups excluding carboxylic acids is 1. The fourth-order valence-electron chi connectivity index (χ4n) is 1.85. The average Bonchev–Trinajstić information content (AvgIpc) is 2.53. The molecule has 0 aliphatic rings. The molecule has 1 amide bonds. The van der Waals surface area contributed by atoms with Gasteiger partial charge in [-0.2, -0.15) is 0 Å². The van der Waals surface area contributed by atoms with Crippen molar-refractivity contribution in [1.29, 1.82) is 0 Å². The molecule has 0 saturated heterocycles. The molecule has 4 nitrogen and oxygen atoms in total. The van der Waals surface area contributed by atoms with Crippen molar-refractivity contribution in [2.24, 2.45) is 0 Å². The van der Waals surface area contributed by atoms with Gasteiger partial charge in [0.15, 0.2) is 6.61 Å². The van der Waals surface area contributed by atoms with Gasteiger partial charge in [0.1, 0.15) is 5.75 Å². The number of carbonyl (C=O) groups is 1. The van der Waals surface area contributed by atoms with E-state index >= 15 is 0 Å². The second kappa shape index (κ2) is 8.22. The molecule has 0 aliphatic carbocycles. The smallest absolute Gasteiger partial charge is 0.262 e. The average molecular weight is 382 g/mol. The molecule has 0 aromatic heterocycles. The van der Waals surface area contributed by atoms with Gasteiger partial charge in [-0.1, -0.05) is 22.0 Å². The number of nitrogens with one attached hydrogen (secondary N) is 1. The number of aliphatic hydroxyl groups excluding tert-OH is 1. The maximum Gasteiger partial charge on any atom is 0.262 e. The highest BCUT2D eigenvalue weighted by atomic mass is 79.9. The molecule has 0 bridgehead atoms. The van der Waals surface area contributed by atoms with E-state index in [9.17, 15) is 9.90 Å². The summed E-state index contributed by atoms with van der Waals surface area (Å²) >= 11 is 4.94. The van der Waals surface area contributed by atoms with Crippen LogP contribution in [0.1, 0.15) is 5.56 Å². The van der Waals surface area contributed by atoms with Crippen molar-refractivity contribution in [2.75, 3.05) is 18.2 Å². The Balaban J connectivity index is 1.95. The van der Waals surface area contributed by atoms with Gasteiger partial charge in [-0.3, -0.25) is 4.79 Å². The molecule has 116 valence electrons. The van der Waals surface area contributed by atoms with Crippen molar-refractivity contribution in [3.63, 3.8) is 0 Å². The summed E-state index contributed by atoms with van der Waals surface area (Å²) in [5, 5.41) is 12.1. The molecule has 0 saturated carbocycles. The van der Waals surface area contributed by atoms with E-state index in [4.69, 9.17) is 4.74 Å². The van der Waals surface area contributed by atoms with Crippen molar-refractivity contribution >= 4 is 39.3 Å². The molecule has 0 fully saturated rings. The molecule has 0 spiro atoms. The van der Waals surface area contributed by atoms with Crippen LogP contribution >= 0.6 is 27.7 Å². The van der Waals surface area contributed by atoms with Crippen LogP contribution in [0.15, 0.2) is 51.8 Å². The number of aliphatic hydroxyl groups is 1. The van der Waals surface area contributed by atoms with Crippen LogP contribution in [-0.4, -0.2) is 23.9 Å². The standard InChI is InChI=1S/C16H16BrNO3S/c1-22-14-4-2-3-13(8-14)18-16(20)10-21-15-6-5-12(17)7-11(15)9-19/h2-8,19H,9-10H2,1H3,(H,18,20). The van der Waals surface area contributed by atoms with E-state index in [1.165, 1.54) is 0 Å². The van der Waals surface area contributed by atoms with Crippen molar-refractivity contribution < 1.29 is 14.6 Å². The number of hydrogen-bond donors (Lipinski definition) is 2. The highest BCUT2D eigenvalue weighted by molar-refractivity contribution is 9.10. The van der Waals surface area contributed by atoms with Gasteiger partial charge in [-0.15, -0.1) is 11.8 Å². The first-order chi connectivity index (χ1) is 10.6. The Hall–Kier alpha value is -1.50. The van der Waals surface area contributed by atoms with E-state index in [1.54, 1.807) is 30.0 Å². The molecule has 22 heavy (non-hydrogen) atoms. The summed E-state index contributed by atoms with van der Waals surface area (Å²) in [5.74, 6) is 0.253. The molecule has 0 radical (unpaired) electrons. The number of ether oxygens (including phenoxy) is 1. The molecule has 2 rings (SSSR count). The minimum absolute atomic E-state index is 0.113. The SMILES string of the molecule is CSc1cccc(NC(=O)COc2ccc(Br)cc2CO)c1. The van der Waals surface area contributed by atoms with Gasteiger partial charge in [0.05, 0.1) is 6.61 Å². The Kier molecular flexibility index (Phi) is 6.30. The summed E-state index contributed by atoms with van der Waals surface area (Å²) in [6.07, 6.45) is 1.98. The highest BCUT2D eigenvalue weighted by Crippen LogP contribution is 2.23. The van der Waals surface area contributed by atoms with Crippen LogP contribution in [-0.2, 0) is 11.4 Å². The minimum Gasteiger partial charge on any atom is -0.483 e. The van der Waals surface area contributed by atoms with Gasteiger partial charge in [0, 0.05) is 20.6 Å². The fourth-order valence-corrected chi connectivity index (χ4v) is 2.72. The third-order valence-electron chi connectivity index (χ3n) is 2.91. The van der Waals surface area contributed by atoms with Crippen LogP contribution < -0.4 is 10.1 Å². The summed E-state index contributed by atoms with van der Waals surface area (Å²) < 4.78 is 6.32. The monoisotopic (exact) mass is 381 g/mol. The second-order valence-electron chi connectivity index (χ2n) is 4.48. The lowest BCUT2D eigenvalue weighted by molar-refractivity contribution is -0.118. The van der Waals surface area contributed by atoms with Crippen LogP contribution in [0.4, 0.5) is 5.69 Å². The van der Waals surface area contributed by atoms with Crippen LogP contribution in [0, 0.1) is 0 Å². The van der Waals surface area contributed by atoms with E-state index in [1.807, 2.05) is 30.5 Å². The molecule has 0 heterocycles. The number of halogens is 1. The zero-order valence-electron chi connectivity index (χ0n) is 12.0. The van der Waals surface area contributed by atoms with Crippen molar-refractivity contribution in [3.8, 4) is 5.75 Å². The molecule has 0 unspecified atom stereocenters. The lowest BCUT2D eigenvalue weighted by Gasteiger charge is -2.11. The summed E-state index contributed by atoms with van der Waals surface area (Å²) in [4.78, 5) is 13.0. The minimum atomic E-state index is -0.245. The zero-order chi connectivity index (χ0) is 15.9. The Morgan fingerprint density at radius 2 is 2.14 bits per heavy atom. The summed E-state index contributed by atoms with van der Waals surface area (Å²) in [5.41, 5.74) is 1.37. The number of benzene rings is 2. The topological polar surface area (TPSA) is 58.6 Å². The third kappa shape index (κ3) is 4.76. The van der Waals surface area contributed by atoms with E-state index in [0.29, 0.717) is 11.3 Å². The summed E-state index contributed by atoms with van der Waals surface area (Å²) in [6, 6.07) is 12.9. The maximum atomic E-state index is 11.9. The van der Waals surface area contributed by atoms with E-state index in [2.05, 4.69) is 21.2 Å². The van der Waals surface area contributed by atoms with Gasteiger partial charge < -0.3 is 15.2 Å². The first-order valence-corrected chi connectivity index (χ1v) is 8.60.